The maximum atomic E-state index is 5.63. The van der Waals surface area contributed by atoms with Crippen LogP contribution in [0.5, 0.6) is 0 Å². The van der Waals surface area contributed by atoms with Crippen molar-refractivity contribution in [3.8, 4) is 0 Å². The lowest BCUT2D eigenvalue weighted by molar-refractivity contribution is 0.282. The molecule has 4 heteroatoms. The van der Waals surface area contributed by atoms with Crippen molar-refractivity contribution in [1.29, 1.82) is 0 Å². The Bertz CT molecular complexity index is 477. The van der Waals surface area contributed by atoms with Crippen LogP contribution in [-0.4, -0.2) is 35.0 Å². The van der Waals surface area contributed by atoms with Crippen molar-refractivity contribution in [2.75, 3.05) is 20.1 Å². The number of benzene rings is 1. The highest BCUT2D eigenvalue weighted by Gasteiger charge is 2.06. The Morgan fingerprint density at radius 1 is 1.47 bits per heavy atom. The molecule has 0 aliphatic heterocycles. The number of imidazole rings is 1. The van der Waals surface area contributed by atoms with Crippen molar-refractivity contribution in [3.63, 3.8) is 0 Å². The van der Waals surface area contributed by atoms with Crippen LogP contribution in [0.4, 0.5) is 0 Å². The Hall–Kier alpha value is -1.39. The second kappa shape index (κ2) is 5.29. The van der Waals surface area contributed by atoms with Gasteiger partial charge in [-0.2, -0.15) is 0 Å². The minimum atomic E-state index is 0.538. The van der Waals surface area contributed by atoms with E-state index in [-0.39, 0.29) is 0 Å². The van der Waals surface area contributed by atoms with Gasteiger partial charge in [-0.25, -0.2) is 4.98 Å². The van der Waals surface area contributed by atoms with Crippen molar-refractivity contribution < 1.29 is 0 Å². The molecule has 0 amide bonds. The number of hydrogen-bond donors (Lipinski definition) is 2. The summed E-state index contributed by atoms with van der Waals surface area (Å²) in [6.45, 7) is 4.88. The zero-order chi connectivity index (χ0) is 12.3. The quantitative estimate of drug-likeness (QED) is 0.823. The van der Waals surface area contributed by atoms with E-state index in [1.54, 1.807) is 6.33 Å². The fourth-order valence-corrected chi connectivity index (χ4v) is 2.06. The molecule has 1 atom stereocenters. The first-order valence-electron chi connectivity index (χ1n) is 5.99. The van der Waals surface area contributed by atoms with E-state index in [9.17, 15) is 0 Å². The highest BCUT2D eigenvalue weighted by molar-refractivity contribution is 5.74. The normalized spacial score (nSPS) is 13.4. The summed E-state index contributed by atoms with van der Waals surface area (Å²) in [6.07, 6.45) is 1.73. The number of aromatic amines is 1. The lowest BCUT2D eigenvalue weighted by Crippen LogP contribution is -2.28. The maximum Gasteiger partial charge on any atom is 0.0931 e. The first-order chi connectivity index (χ1) is 8.19. The fourth-order valence-electron chi connectivity index (χ4n) is 2.06. The molecular weight excluding hydrogens is 212 g/mol. The lowest BCUT2D eigenvalue weighted by Gasteiger charge is -2.20. The van der Waals surface area contributed by atoms with Gasteiger partial charge in [0.15, 0.2) is 0 Å². The molecule has 4 nitrogen and oxygen atoms in total. The molecule has 17 heavy (non-hydrogen) atoms. The molecule has 0 aliphatic carbocycles. The zero-order valence-corrected chi connectivity index (χ0v) is 10.5. The molecule has 1 unspecified atom stereocenters. The molecule has 92 valence electrons. The summed E-state index contributed by atoms with van der Waals surface area (Å²) in [4.78, 5) is 9.65. The minimum Gasteiger partial charge on any atom is -0.345 e. The number of fused-ring (bicyclic) bond motifs is 1. The third-order valence-electron chi connectivity index (χ3n) is 2.96. The van der Waals surface area contributed by atoms with Crippen LogP contribution in [0.1, 0.15) is 12.5 Å². The van der Waals surface area contributed by atoms with Crippen LogP contribution in [0.2, 0.25) is 0 Å². The summed E-state index contributed by atoms with van der Waals surface area (Å²) in [5, 5.41) is 0. The predicted octanol–water partition coefficient (Wildman–Crippen LogP) is 1.59. The van der Waals surface area contributed by atoms with E-state index < -0.39 is 0 Å². The van der Waals surface area contributed by atoms with Crippen LogP contribution < -0.4 is 5.73 Å². The highest BCUT2D eigenvalue weighted by atomic mass is 15.1. The van der Waals surface area contributed by atoms with E-state index in [2.05, 4.69) is 47.0 Å². The van der Waals surface area contributed by atoms with E-state index in [4.69, 9.17) is 5.73 Å². The van der Waals surface area contributed by atoms with E-state index in [0.717, 1.165) is 30.7 Å². The summed E-state index contributed by atoms with van der Waals surface area (Å²) in [6, 6.07) is 6.35. The van der Waals surface area contributed by atoms with Crippen LogP contribution in [0.3, 0.4) is 0 Å². The van der Waals surface area contributed by atoms with Crippen LogP contribution in [0, 0.1) is 5.92 Å². The van der Waals surface area contributed by atoms with Crippen LogP contribution in [0.15, 0.2) is 24.5 Å². The number of H-pyrrole nitrogens is 1. The topological polar surface area (TPSA) is 57.9 Å². The standard InChI is InChI=1S/C13H20N4/c1-10(6-14)7-17(2)8-11-3-4-12-13(5-11)16-9-15-12/h3-5,9-10H,6-8,14H2,1-2H3,(H,15,16). The number of nitrogens with zero attached hydrogens (tertiary/aromatic N) is 2. The summed E-state index contributed by atoms with van der Waals surface area (Å²) >= 11 is 0. The number of nitrogens with one attached hydrogen (secondary N) is 1. The molecule has 0 spiro atoms. The van der Waals surface area contributed by atoms with Crippen LogP contribution >= 0.6 is 0 Å². The Balaban J connectivity index is 2.02. The van der Waals surface area contributed by atoms with Gasteiger partial charge in [0.05, 0.1) is 17.4 Å². The summed E-state index contributed by atoms with van der Waals surface area (Å²) in [5.74, 6) is 0.538. The molecule has 0 fully saturated rings. The minimum absolute atomic E-state index is 0.538. The Morgan fingerprint density at radius 2 is 2.29 bits per heavy atom. The third-order valence-corrected chi connectivity index (χ3v) is 2.96. The second-order valence-corrected chi connectivity index (χ2v) is 4.79. The molecule has 2 rings (SSSR count). The van der Waals surface area contributed by atoms with E-state index in [1.807, 2.05) is 0 Å². The average molecular weight is 232 g/mol. The first kappa shape index (κ1) is 12.1. The smallest absolute Gasteiger partial charge is 0.0931 e. The molecule has 1 heterocycles. The van der Waals surface area contributed by atoms with Gasteiger partial charge >= 0.3 is 0 Å². The lowest BCUT2D eigenvalue weighted by atomic mass is 10.1. The fraction of sp³-hybridized carbons (Fsp3) is 0.462. The zero-order valence-electron chi connectivity index (χ0n) is 10.5. The van der Waals surface area contributed by atoms with Gasteiger partial charge in [-0.05, 0) is 37.2 Å². The van der Waals surface area contributed by atoms with Crippen molar-refractivity contribution in [3.05, 3.63) is 30.1 Å². The Labute approximate surface area is 102 Å². The number of nitrogens with two attached hydrogens (primary N) is 1. The number of hydrogen-bond acceptors (Lipinski definition) is 3. The van der Waals surface area contributed by atoms with Crippen molar-refractivity contribution >= 4 is 11.0 Å². The maximum absolute atomic E-state index is 5.63. The van der Waals surface area contributed by atoms with Crippen molar-refractivity contribution in [2.24, 2.45) is 11.7 Å². The van der Waals surface area contributed by atoms with Crippen LogP contribution in [-0.2, 0) is 6.54 Å². The average Bonchev–Trinajstić information content (AvgIpc) is 2.75. The molecule has 0 radical (unpaired) electrons. The Morgan fingerprint density at radius 3 is 3.06 bits per heavy atom. The highest BCUT2D eigenvalue weighted by Crippen LogP contribution is 2.13. The van der Waals surface area contributed by atoms with Gasteiger partial charge < -0.3 is 15.6 Å². The van der Waals surface area contributed by atoms with Gasteiger partial charge in [-0.1, -0.05) is 13.0 Å². The SMILES string of the molecule is CC(CN)CN(C)Cc1ccc2nc[nH]c2c1. The van der Waals surface area contributed by atoms with Gasteiger partial charge in [-0.3, -0.25) is 0 Å². The monoisotopic (exact) mass is 232 g/mol. The van der Waals surface area contributed by atoms with Gasteiger partial charge in [0.25, 0.3) is 0 Å². The molecule has 2 aromatic rings. The summed E-state index contributed by atoms with van der Waals surface area (Å²) < 4.78 is 0. The summed E-state index contributed by atoms with van der Waals surface area (Å²) in [7, 11) is 2.13. The first-order valence-corrected chi connectivity index (χ1v) is 5.99. The molecule has 0 saturated carbocycles. The van der Waals surface area contributed by atoms with E-state index >= 15 is 0 Å². The van der Waals surface area contributed by atoms with Gasteiger partial charge in [0.2, 0.25) is 0 Å². The van der Waals surface area contributed by atoms with Crippen molar-refractivity contribution in [2.45, 2.75) is 13.5 Å². The summed E-state index contributed by atoms with van der Waals surface area (Å²) in [5.41, 5.74) is 9.05. The molecule has 1 aromatic heterocycles. The predicted molar refractivity (Wildman–Crippen MR) is 70.6 cm³/mol. The second-order valence-electron chi connectivity index (χ2n) is 4.79. The molecule has 0 saturated heterocycles. The number of rotatable bonds is 5. The largest absolute Gasteiger partial charge is 0.345 e. The molecule has 3 N–H and O–H groups in total. The van der Waals surface area contributed by atoms with E-state index in [0.29, 0.717) is 5.92 Å². The van der Waals surface area contributed by atoms with Gasteiger partial charge in [-0.15, -0.1) is 0 Å². The molecule has 1 aromatic carbocycles. The van der Waals surface area contributed by atoms with Crippen molar-refractivity contribution in [1.82, 2.24) is 14.9 Å². The van der Waals surface area contributed by atoms with Gasteiger partial charge in [0, 0.05) is 13.1 Å². The molecule has 0 bridgehead atoms. The van der Waals surface area contributed by atoms with Crippen LogP contribution in [0.25, 0.3) is 11.0 Å². The molecule has 0 aliphatic rings. The van der Waals surface area contributed by atoms with E-state index in [1.165, 1.54) is 5.56 Å². The van der Waals surface area contributed by atoms with Gasteiger partial charge in [0.1, 0.15) is 0 Å². The third kappa shape index (κ3) is 3.05. The Kier molecular flexibility index (Phi) is 3.76. The number of aromatic nitrogens is 2. The molecular formula is C13H20N4.